The van der Waals surface area contributed by atoms with E-state index in [9.17, 15) is 0 Å². The fourth-order valence-corrected chi connectivity index (χ4v) is 2.90. The average molecular weight is 307 g/mol. The van der Waals surface area contributed by atoms with Crippen molar-refractivity contribution < 1.29 is 0 Å². The molecule has 1 unspecified atom stereocenters. The van der Waals surface area contributed by atoms with Crippen LogP contribution >= 0.6 is 11.6 Å². The maximum absolute atomic E-state index is 6.03. The molecule has 0 fully saturated rings. The van der Waals surface area contributed by atoms with Gasteiger partial charge < -0.3 is 0 Å². The third kappa shape index (κ3) is 4.06. The molecule has 0 spiro atoms. The molecule has 2 aromatic rings. The van der Waals surface area contributed by atoms with Gasteiger partial charge >= 0.3 is 0 Å². The quantitative estimate of drug-likeness (QED) is 0.637. The number of hydrogen-bond acceptors (Lipinski definition) is 3. The van der Waals surface area contributed by atoms with Crippen molar-refractivity contribution in [2.75, 3.05) is 0 Å². The lowest BCUT2D eigenvalue weighted by Crippen LogP contribution is -2.37. The molecule has 1 aromatic carbocycles. The van der Waals surface area contributed by atoms with Crippen molar-refractivity contribution in [3.05, 3.63) is 51.8 Å². The molecule has 0 saturated heterocycles. The molecule has 0 amide bonds. The Hall–Kier alpha value is -1.36. The monoisotopic (exact) mass is 306 g/mol. The van der Waals surface area contributed by atoms with Gasteiger partial charge in [-0.3, -0.25) is 16.0 Å². The van der Waals surface area contributed by atoms with Gasteiger partial charge in [0.25, 0.3) is 0 Å². The van der Waals surface area contributed by atoms with Gasteiger partial charge in [-0.1, -0.05) is 23.7 Å². The van der Waals surface area contributed by atoms with E-state index in [-0.39, 0.29) is 6.04 Å². The largest absolute Gasteiger partial charge is 0.272 e. The number of hydrazine groups is 1. The zero-order valence-corrected chi connectivity index (χ0v) is 13.6. The fourth-order valence-electron chi connectivity index (χ4n) is 2.69. The van der Waals surface area contributed by atoms with E-state index < -0.39 is 0 Å². The summed E-state index contributed by atoms with van der Waals surface area (Å²) in [6.45, 7) is 4.17. The summed E-state index contributed by atoms with van der Waals surface area (Å²) >= 11 is 6.03. The van der Waals surface area contributed by atoms with Gasteiger partial charge in [-0.15, -0.1) is 0 Å². The first kappa shape index (κ1) is 16.0. The second kappa shape index (κ2) is 7.07. The summed E-state index contributed by atoms with van der Waals surface area (Å²) in [4.78, 5) is 0. The van der Waals surface area contributed by atoms with Crippen molar-refractivity contribution in [1.29, 1.82) is 0 Å². The Labute approximate surface area is 131 Å². The second-order valence-electron chi connectivity index (χ2n) is 5.51. The molecule has 4 nitrogen and oxygen atoms in total. The summed E-state index contributed by atoms with van der Waals surface area (Å²) in [6, 6.07) is 8.16. The maximum atomic E-state index is 6.03. The van der Waals surface area contributed by atoms with Crippen LogP contribution in [-0.4, -0.2) is 15.8 Å². The molecule has 5 heteroatoms. The number of rotatable bonds is 6. The third-order valence-corrected chi connectivity index (χ3v) is 4.24. The van der Waals surface area contributed by atoms with Crippen molar-refractivity contribution in [2.24, 2.45) is 12.9 Å². The number of nitrogens with one attached hydrogen (secondary N) is 1. The van der Waals surface area contributed by atoms with Crippen molar-refractivity contribution in [3.8, 4) is 0 Å². The van der Waals surface area contributed by atoms with Gasteiger partial charge in [-0.2, -0.15) is 5.10 Å². The summed E-state index contributed by atoms with van der Waals surface area (Å²) in [7, 11) is 1.98. The first-order valence-electron chi connectivity index (χ1n) is 7.21. The van der Waals surface area contributed by atoms with Gasteiger partial charge in [0.15, 0.2) is 0 Å². The van der Waals surface area contributed by atoms with E-state index in [0.717, 1.165) is 30.0 Å². The topological polar surface area (TPSA) is 55.9 Å². The smallest absolute Gasteiger partial charge is 0.0628 e. The van der Waals surface area contributed by atoms with Crippen LogP contribution in [0.4, 0.5) is 0 Å². The van der Waals surface area contributed by atoms with Gasteiger partial charge in [-0.25, -0.2) is 0 Å². The Morgan fingerprint density at radius 3 is 2.71 bits per heavy atom. The normalized spacial score (nSPS) is 12.6. The Kier molecular flexibility index (Phi) is 5.39. The maximum Gasteiger partial charge on any atom is 0.0628 e. The van der Waals surface area contributed by atoms with Gasteiger partial charge in [-0.05, 0) is 56.4 Å². The second-order valence-corrected chi connectivity index (χ2v) is 5.95. The van der Waals surface area contributed by atoms with Crippen LogP contribution < -0.4 is 11.3 Å². The lowest BCUT2D eigenvalue weighted by molar-refractivity contribution is 0.490. The molecular weight excluding hydrogens is 284 g/mol. The Bertz CT molecular complexity index is 606. The van der Waals surface area contributed by atoms with E-state index in [1.54, 1.807) is 0 Å². The van der Waals surface area contributed by atoms with E-state index in [2.05, 4.69) is 30.4 Å². The lowest BCUT2D eigenvalue weighted by atomic mass is 9.99. The van der Waals surface area contributed by atoms with E-state index in [1.807, 2.05) is 29.9 Å². The fraction of sp³-hybridized carbons (Fsp3) is 0.438. The predicted molar refractivity (Wildman–Crippen MR) is 87.3 cm³/mol. The molecule has 21 heavy (non-hydrogen) atoms. The lowest BCUT2D eigenvalue weighted by Gasteiger charge is -2.16. The van der Waals surface area contributed by atoms with Gasteiger partial charge in [0.05, 0.1) is 5.69 Å². The van der Waals surface area contributed by atoms with Crippen LogP contribution in [0.25, 0.3) is 0 Å². The number of nitrogens with zero attached hydrogens (tertiary/aromatic N) is 2. The third-order valence-electron chi connectivity index (χ3n) is 4.01. The molecule has 0 aliphatic rings. The van der Waals surface area contributed by atoms with Crippen molar-refractivity contribution >= 4 is 11.6 Å². The Morgan fingerprint density at radius 2 is 2.14 bits per heavy atom. The molecule has 114 valence electrons. The SMILES string of the molecule is Cc1nn(C)c(C)c1CCC(Cc1cccc(Cl)c1)NN. The van der Waals surface area contributed by atoms with Gasteiger partial charge in [0.1, 0.15) is 0 Å². The highest BCUT2D eigenvalue weighted by Crippen LogP contribution is 2.17. The summed E-state index contributed by atoms with van der Waals surface area (Å²) in [5.41, 5.74) is 7.77. The van der Waals surface area contributed by atoms with Crippen LogP contribution in [0.2, 0.25) is 5.02 Å². The van der Waals surface area contributed by atoms with Crippen LogP contribution in [0, 0.1) is 13.8 Å². The zero-order chi connectivity index (χ0) is 15.4. The molecule has 0 saturated carbocycles. The number of aryl methyl sites for hydroxylation is 2. The summed E-state index contributed by atoms with van der Waals surface area (Å²) in [5.74, 6) is 5.70. The number of nitrogens with two attached hydrogens (primary N) is 1. The molecular formula is C16H23ClN4. The average Bonchev–Trinajstić information content (AvgIpc) is 2.69. The highest BCUT2D eigenvalue weighted by molar-refractivity contribution is 6.30. The molecule has 0 aliphatic carbocycles. The summed E-state index contributed by atoms with van der Waals surface area (Å²) in [5, 5.41) is 5.22. The molecule has 1 heterocycles. The molecule has 1 atom stereocenters. The van der Waals surface area contributed by atoms with E-state index in [4.69, 9.17) is 17.4 Å². The van der Waals surface area contributed by atoms with E-state index >= 15 is 0 Å². The van der Waals surface area contributed by atoms with Crippen LogP contribution in [0.1, 0.15) is 28.9 Å². The Morgan fingerprint density at radius 1 is 1.38 bits per heavy atom. The number of hydrogen-bond donors (Lipinski definition) is 2. The molecule has 1 aromatic heterocycles. The highest BCUT2D eigenvalue weighted by atomic mass is 35.5. The highest BCUT2D eigenvalue weighted by Gasteiger charge is 2.13. The summed E-state index contributed by atoms with van der Waals surface area (Å²) < 4.78 is 1.94. The number of benzene rings is 1. The van der Waals surface area contributed by atoms with Crippen LogP contribution in [0.3, 0.4) is 0 Å². The van der Waals surface area contributed by atoms with Gasteiger partial charge in [0.2, 0.25) is 0 Å². The first-order valence-corrected chi connectivity index (χ1v) is 7.58. The molecule has 0 radical (unpaired) electrons. The first-order chi connectivity index (χ1) is 10.0. The standard InChI is InChI=1S/C16H23ClN4/c1-11-16(12(2)21(3)20-11)8-7-15(19-18)10-13-5-4-6-14(17)9-13/h4-6,9,15,19H,7-8,10,18H2,1-3H3. The number of aromatic nitrogens is 2. The molecule has 2 rings (SSSR count). The summed E-state index contributed by atoms with van der Waals surface area (Å²) in [6.07, 6.45) is 2.81. The minimum Gasteiger partial charge on any atom is -0.272 e. The minimum absolute atomic E-state index is 0.225. The van der Waals surface area contributed by atoms with Crippen LogP contribution in [-0.2, 0) is 19.9 Å². The zero-order valence-electron chi connectivity index (χ0n) is 12.9. The molecule has 0 aliphatic heterocycles. The molecule has 0 bridgehead atoms. The number of halogens is 1. The van der Waals surface area contributed by atoms with Crippen molar-refractivity contribution in [1.82, 2.24) is 15.2 Å². The van der Waals surface area contributed by atoms with E-state index in [0.29, 0.717) is 0 Å². The van der Waals surface area contributed by atoms with Crippen molar-refractivity contribution in [2.45, 2.75) is 39.2 Å². The van der Waals surface area contributed by atoms with Crippen molar-refractivity contribution in [3.63, 3.8) is 0 Å². The minimum atomic E-state index is 0.225. The van der Waals surface area contributed by atoms with E-state index in [1.165, 1.54) is 16.8 Å². The van der Waals surface area contributed by atoms with Crippen LogP contribution in [0.5, 0.6) is 0 Å². The van der Waals surface area contributed by atoms with Crippen LogP contribution in [0.15, 0.2) is 24.3 Å². The van der Waals surface area contributed by atoms with Gasteiger partial charge in [0, 0.05) is 23.8 Å². The molecule has 3 N–H and O–H groups in total. The predicted octanol–water partition coefficient (Wildman–Crippen LogP) is 2.70. The Balaban J connectivity index is 1.99.